The number of nitrogens with two attached hydrogens (primary N) is 1. The summed E-state index contributed by atoms with van der Waals surface area (Å²) in [7, 11) is 0. The number of rotatable bonds is 1. The second-order valence-electron chi connectivity index (χ2n) is 3.60. The summed E-state index contributed by atoms with van der Waals surface area (Å²) in [6, 6.07) is 0. The maximum Gasteiger partial charge on any atom is 0.262 e. The molecular formula is C7H10F2N2O. The summed E-state index contributed by atoms with van der Waals surface area (Å²) in [6.45, 7) is 0.258. The van der Waals surface area contributed by atoms with E-state index in [0.717, 1.165) is 0 Å². The molecule has 0 aromatic heterocycles. The van der Waals surface area contributed by atoms with Crippen molar-refractivity contribution in [3.63, 3.8) is 0 Å². The van der Waals surface area contributed by atoms with Gasteiger partial charge in [-0.05, 0) is 6.42 Å². The topological polar surface area (TPSA) is 46.3 Å². The number of hydrogen-bond donors (Lipinski definition) is 1. The molecule has 1 atom stereocenters. The van der Waals surface area contributed by atoms with Crippen molar-refractivity contribution < 1.29 is 13.6 Å². The average molecular weight is 176 g/mol. The smallest absolute Gasteiger partial charge is 0.262 e. The number of primary amides is 1. The van der Waals surface area contributed by atoms with Gasteiger partial charge in [0.2, 0.25) is 5.91 Å². The zero-order chi connectivity index (χ0) is 8.98. The van der Waals surface area contributed by atoms with E-state index in [1.54, 1.807) is 0 Å². The normalized spacial score (nSPS) is 38.8. The Labute approximate surface area is 68.5 Å². The number of carbonyl (C=O) groups excluding carboxylic acids is 1. The van der Waals surface area contributed by atoms with Crippen LogP contribution in [-0.4, -0.2) is 35.4 Å². The first kappa shape index (κ1) is 7.91. The van der Waals surface area contributed by atoms with Crippen LogP contribution in [0.4, 0.5) is 8.78 Å². The second-order valence-corrected chi connectivity index (χ2v) is 3.60. The molecule has 2 fully saturated rings. The predicted molar refractivity (Wildman–Crippen MR) is 37.7 cm³/mol. The number of fused-ring (bicyclic) bond motifs is 1. The van der Waals surface area contributed by atoms with Crippen LogP contribution in [0, 0.1) is 0 Å². The molecule has 1 amide bonds. The van der Waals surface area contributed by atoms with Crippen molar-refractivity contribution in [2.45, 2.75) is 24.3 Å². The number of alkyl halides is 2. The van der Waals surface area contributed by atoms with Gasteiger partial charge in [0.15, 0.2) is 0 Å². The van der Waals surface area contributed by atoms with Gasteiger partial charge in [-0.3, -0.25) is 9.69 Å². The van der Waals surface area contributed by atoms with Gasteiger partial charge in [0.05, 0.1) is 6.54 Å². The molecule has 0 aromatic rings. The summed E-state index contributed by atoms with van der Waals surface area (Å²) in [5.41, 5.74) is 4.07. The predicted octanol–water partition coefficient (Wildman–Crippen LogP) is -0.0448. The molecule has 2 N–H and O–H groups in total. The Morgan fingerprint density at radius 2 is 2.17 bits per heavy atom. The molecule has 0 radical (unpaired) electrons. The van der Waals surface area contributed by atoms with E-state index in [0.29, 0.717) is 13.0 Å². The molecule has 2 heterocycles. The van der Waals surface area contributed by atoms with E-state index < -0.39 is 23.8 Å². The molecular weight excluding hydrogens is 166 g/mol. The Hall–Kier alpha value is -0.710. The van der Waals surface area contributed by atoms with E-state index >= 15 is 0 Å². The Morgan fingerprint density at radius 1 is 1.50 bits per heavy atom. The van der Waals surface area contributed by atoms with Gasteiger partial charge in [0.25, 0.3) is 5.92 Å². The van der Waals surface area contributed by atoms with Crippen molar-refractivity contribution in [1.82, 2.24) is 4.90 Å². The molecule has 3 nitrogen and oxygen atoms in total. The van der Waals surface area contributed by atoms with E-state index in [1.807, 2.05) is 0 Å². The van der Waals surface area contributed by atoms with Crippen molar-refractivity contribution in [1.29, 1.82) is 0 Å². The first-order chi connectivity index (χ1) is 5.46. The fourth-order valence-electron chi connectivity index (χ4n) is 2.10. The molecule has 0 saturated carbocycles. The number of amides is 1. The quantitative estimate of drug-likeness (QED) is 0.609. The fraction of sp³-hybridized carbons (Fsp3) is 0.857. The van der Waals surface area contributed by atoms with Crippen LogP contribution >= 0.6 is 0 Å². The third kappa shape index (κ3) is 0.798. The average Bonchev–Trinajstić information content (AvgIpc) is 2.08. The molecule has 0 spiro atoms. The van der Waals surface area contributed by atoms with Gasteiger partial charge in [-0.2, -0.15) is 0 Å². The summed E-state index contributed by atoms with van der Waals surface area (Å²) in [5, 5.41) is 0. The maximum atomic E-state index is 12.8. The molecule has 2 rings (SSSR count). The van der Waals surface area contributed by atoms with Crippen molar-refractivity contribution in [2.24, 2.45) is 5.73 Å². The molecule has 0 aliphatic carbocycles. The lowest BCUT2D eigenvalue weighted by Crippen LogP contribution is -2.62. The zero-order valence-corrected chi connectivity index (χ0v) is 6.52. The monoisotopic (exact) mass is 176 g/mol. The number of halogens is 2. The van der Waals surface area contributed by atoms with E-state index in [-0.39, 0.29) is 6.54 Å². The first-order valence-electron chi connectivity index (χ1n) is 3.89. The van der Waals surface area contributed by atoms with Crippen LogP contribution in [0.15, 0.2) is 0 Å². The summed E-state index contributed by atoms with van der Waals surface area (Å²) in [4.78, 5) is 12.4. The van der Waals surface area contributed by atoms with Crippen LogP contribution in [0.25, 0.3) is 0 Å². The van der Waals surface area contributed by atoms with Crippen LogP contribution in [0.2, 0.25) is 0 Å². The van der Waals surface area contributed by atoms with Crippen molar-refractivity contribution in [2.75, 3.05) is 13.1 Å². The minimum absolute atomic E-state index is 0.310. The SMILES string of the molecule is NC(=O)C12CCN1CC(F)(F)C2. The van der Waals surface area contributed by atoms with Crippen LogP contribution < -0.4 is 5.73 Å². The highest BCUT2D eigenvalue weighted by molar-refractivity contribution is 5.86. The highest BCUT2D eigenvalue weighted by atomic mass is 19.3. The summed E-state index contributed by atoms with van der Waals surface area (Å²) >= 11 is 0. The fourth-order valence-corrected chi connectivity index (χ4v) is 2.10. The minimum atomic E-state index is -2.73. The molecule has 5 heteroatoms. The number of carbonyl (C=O) groups is 1. The van der Waals surface area contributed by atoms with Gasteiger partial charge in [0.1, 0.15) is 5.54 Å². The molecule has 1 unspecified atom stereocenters. The van der Waals surface area contributed by atoms with E-state index in [1.165, 1.54) is 4.90 Å². The molecule has 0 bridgehead atoms. The lowest BCUT2D eigenvalue weighted by Gasteiger charge is -2.44. The van der Waals surface area contributed by atoms with Crippen molar-refractivity contribution in [3.05, 3.63) is 0 Å². The van der Waals surface area contributed by atoms with Crippen LogP contribution in [0.1, 0.15) is 12.8 Å². The number of hydrogen-bond acceptors (Lipinski definition) is 2. The highest BCUT2D eigenvalue weighted by Crippen LogP contribution is 2.47. The van der Waals surface area contributed by atoms with E-state index in [4.69, 9.17) is 5.73 Å². The van der Waals surface area contributed by atoms with Crippen LogP contribution in [-0.2, 0) is 4.79 Å². The molecule has 2 aliphatic heterocycles. The van der Waals surface area contributed by atoms with Gasteiger partial charge in [0, 0.05) is 13.0 Å². The number of nitrogens with zero attached hydrogens (tertiary/aromatic N) is 1. The van der Waals surface area contributed by atoms with Gasteiger partial charge in [-0.15, -0.1) is 0 Å². The highest BCUT2D eigenvalue weighted by Gasteiger charge is 2.62. The summed E-state index contributed by atoms with van der Waals surface area (Å²) < 4.78 is 25.7. The second kappa shape index (κ2) is 1.96. The summed E-state index contributed by atoms with van der Waals surface area (Å²) in [6.07, 6.45) is 0.0905. The standard InChI is InChI=1S/C7H10F2N2O/c8-7(9)3-6(5(10)12)1-2-11(6)4-7/h1-4H2,(H2,10,12). The minimum Gasteiger partial charge on any atom is -0.368 e. The molecule has 68 valence electrons. The zero-order valence-electron chi connectivity index (χ0n) is 6.52. The molecule has 12 heavy (non-hydrogen) atoms. The van der Waals surface area contributed by atoms with Crippen LogP contribution in [0.5, 0.6) is 0 Å². The molecule has 0 aromatic carbocycles. The van der Waals surface area contributed by atoms with E-state index in [2.05, 4.69) is 0 Å². The van der Waals surface area contributed by atoms with Crippen LogP contribution in [0.3, 0.4) is 0 Å². The molecule has 2 aliphatic rings. The third-order valence-corrected chi connectivity index (χ3v) is 2.83. The third-order valence-electron chi connectivity index (χ3n) is 2.83. The lowest BCUT2D eigenvalue weighted by molar-refractivity contribution is -0.135. The Balaban J connectivity index is 2.25. The van der Waals surface area contributed by atoms with Gasteiger partial charge in [-0.25, -0.2) is 8.78 Å². The summed E-state index contributed by atoms with van der Waals surface area (Å²) in [5.74, 6) is -3.34. The van der Waals surface area contributed by atoms with Gasteiger partial charge >= 0.3 is 0 Å². The largest absolute Gasteiger partial charge is 0.368 e. The Bertz CT molecular complexity index is 244. The van der Waals surface area contributed by atoms with Gasteiger partial charge < -0.3 is 5.73 Å². The van der Waals surface area contributed by atoms with Crippen molar-refractivity contribution in [3.8, 4) is 0 Å². The first-order valence-corrected chi connectivity index (χ1v) is 3.89. The van der Waals surface area contributed by atoms with Crippen molar-refractivity contribution >= 4 is 5.91 Å². The van der Waals surface area contributed by atoms with Gasteiger partial charge in [-0.1, -0.05) is 0 Å². The molecule has 2 saturated heterocycles. The Kier molecular flexibility index (Phi) is 1.29. The lowest BCUT2D eigenvalue weighted by atomic mass is 9.84. The Morgan fingerprint density at radius 3 is 2.42 bits per heavy atom. The maximum absolute atomic E-state index is 12.8. The van der Waals surface area contributed by atoms with E-state index in [9.17, 15) is 13.6 Å².